The van der Waals surface area contributed by atoms with Crippen molar-refractivity contribution in [2.45, 2.75) is 38.8 Å². The first-order valence-electron chi connectivity index (χ1n) is 11.0. The molecule has 0 bridgehead atoms. The smallest absolute Gasteiger partial charge is 0.408 e. The van der Waals surface area contributed by atoms with E-state index < -0.39 is 29.1 Å². The van der Waals surface area contributed by atoms with Gasteiger partial charge in [0.1, 0.15) is 39.7 Å². The number of amides is 1. The van der Waals surface area contributed by atoms with E-state index in [0.717, 1.165) is 5.56 Å². The van der Waals surface area contributed by atoms with Gasteiger partial charge in [-0.15, -0.1) is 0 Å². The molecule has 0 aliphatic rings. The van der Waals surface area contributed by atoms with Crippen LogP contribution in [0.2, 0.25) is 0 Å². The van der Waals surface area contributed by atoms with Gasteiger partial charge in [0.25, 0.3) is 0 Å². The average molecular weight is 475 g/mol. The molecule has 2 N–H and O–H groups in total. The summed E-state index contributed by atoms with van der Waals surface area (Å²) in [6.07, 6.45) is -0.618. The highest BCUT2D eigenvalue weighted by Crippen LogP contribution is 2.30. The van der Waals surface area contributed by atoms with Crippen LogP contribution in [0.3, 0.4) is 0 Å². The van der Waals surface area contributed by atoms with Gasteiger partial charge in [0, 0.05) is 18.6 Å². The first-order chi connectivity index (χ1) is 16.6. The number of ether oxygens (including phenoxy) is 2. The lowest BCUT2D eigenvalue weighted by atomic mass is 10.1. The Labute approximate surface area is 201 Å². The van der Waals surface area contributed by atoms with Gasteiger partial charge in [-0.3, -0.25) is 4.79 Å². The fourth-order valence-corrected chi connectivity index (χ4v) is 3.62. The van der Waals surface area contributed by atoms with E-state index in [0.29, 0.717) is 11.0 Å². The van der Waals surface area contributed by atoms with Crippen LogP contribution in [-0.4, -0.2) is 28.8 Å². The van der Waals surface area contributed by atoms with E-state index in [1.165, 1.54) is 12.1 Å². The monoisotopic (exact) mass is 475 g/mol. The molecule has 0 saturated carbocycles. The summed E-state index contributed by atoms with van der Waals surface area (Å²) in [4.78, 5) is 38.3. The molecular formula is C27H25NO7. The quantitative estimate of drug-likeness (QED) is 0.244. The summed E-state index contributed by atoms with van der Waals surface area (Å²) in [7, 11) is 0. The minimum absolute atomic E-state index is 0.0174. The number of esters is 1. The predicted molar refractivity (Wildman–Crippen MR) is 131 cm³/mol. The number of carbonyl (C=O) groups excluding carboxylic acids is 2. The Morgan fingerprint density at radius 3 is 2.40 bits per heavy atom. The van der Waals surface area contributed by atoms with Crippen molar-refractivity contribution in [3.63, 3.8) is 0 Å². The zero-order valence-corrected chi connectivity index (χ0v) is 19.5. The molecule has 0 spiro atoms. The molecular weight excluding hydrogens is 450 g/mol. The second-order valence-electron chi connectivity index (χ2n) is 9.05. The van der Waals surface area contributed by atoms with Crippen LogP contribution in [0.4, 0.5) is 4.79 Å². The molecule has 180 valence electrons. The van der Waals surface area contributed by atoms with E-state index >= 15 is 0 Å². The molecule has 35 heavy (non-hydrogen) atoms. The van der Waals surface area contributed by atoms with E-state index in [2.05, 4.69) is 5.32 Å². The maximum absolute atomic E-state index is 13.1. The summed E-state index contributed by atoms with van der Waals surface area (Å²) in [5.74, 6) is -1.20. The van der Waals surface area contributed by atoms with E-state index in [1.807, 2.05) is 30.3 Å². The molecule has 1 aromatic heterocycles. The fraction of sp³-hybridized carbons (Fsp3) is 0.222. The minimum Gasteiger partial charge on any atom is -0.507 e. The Morgan fingerprint density at radius 1 is 1.00 bits per heavy atom. The van der Waals surface area contributed by atoms with Crippen molar-refractivity contribution in [1.82, 2.24) is 5.32 Å². The van der Waals surface area contributed by atoms with E-state index in [9.17, 15) is 19.5 Å². The lowest BCUT2D eigenvalue weighted by molar-refractivity contribution is -0.136. The lowest BCUT2D eigenvalue weighted by Gasteiger charge is -2.23. The van der Waals surface area contributed by atoms with E-state index in [1.54, 1.807) is 45.0 Å². The summed E-state index contributed by atoms with van der Waals surface area (Å²) in [6.45, 7) is 5.14. The van der Waals surface area contributed by atoms with Crippen molar-refractivity contribution in [3.05, 3.63) is 82.5 Å². The molecule has 0 fully saturated rings. The number of alkyl carbamates (subject to hydrolysis) is 1. The van der Waals surface area contributed by atoms with Crippen LogP contribution in [0.15, 0.2) is 75.9 Å². The molecule has 4 rings (SSSR count). The Bertz CT molecular complexity index is 1450. The molecule has 1 amide bonds. The van der Waals surface area contributed by atoms with Crippen LogP contribution in [-0.2, 0) is 16.0 Å². The molecule has 4 aromatic rings. The molecule has 3 aromatic carbocycles. The third-order valence-corrected chi connectivity index (χ3v) is 5.11. The third-order valence-electron chi connectivity index (χ3n) is 5.11. The van der Waals surface area contributed by atoms with Crippen LogP contribution in [0.1, 0.15) is 26.3 Å². The Balaban J connectivity index is 1.64. The number of aromatic hydroxyl groups is 1. The van der Waals surface area contributed by atoms with E-state index in [4.69, 9.17) is 13.9 Å². The molecule has 0 unspecified atom stereocenters. The highest BCUT2D eigenvalue weighted by Gasteiger charge is 2.27. The molecule has 1 atom stereocenters. The van der Waals surface area contributed by atoms with Gasteiger partial charge in [0.2, 0.25) is 5.43 Å². The predicted octanol–water partition coefficient (Wildman–Crippen LogP) is 4.69. The van der Waals surface area contributed by atoms with Gasteiger partial charge in [0.15, 0.2) is 0 Å². The highest BCUT2D eigenvalue weighted by molar-refractivity contribution is 5.94. The van der Waals surface area contributed by atoms with Crippen LogP contribution in [0, 0.1) is 0 Å². The highest BCUT2D eigenvalue weighted by atomic mass is 16.6. The number of para-hydroxylation sites is 1. The standard InChI is InChI=1S/C27H25NO7/c1-27(2,3)35-26(32)28-19(13-16-9-5-4-6-10-16)25(31)33-17-14-20(29)23-22(15-17)34-21-12-8-7-11-18(21)24(23)30/h4-12,14-15,19,29H,13H2,1-3H3,(H,28,32)/t19-/m0/s1. The van der Waals surface area contributed by atoms with Crippen LogP contribution >= 0.6 is 0 Å². The summed E-state index contributed by atoms with van der Waals surface area (Å²) in [5.41, 5.74) is 0.0446. The van der Waals surface area contributed by atoms with Crippen molar-refractivity contribution >= 4 is 34.0 Å². The number of phenols is 1. The van der Waals surface area contributed by atoms with Gasteiger partial charge in [-0.1, -0.05) is 42.5 Å². The molecule has 0 aliphatic carbocycles. The first-order valence-corrected chi connectivity index (χ1v) is 11.0. The normalized spacial score (nSPS) is 12.3. The summed E-state index contributed by atoms with van der Waals surface area (Å²) < 4.78 is 16.5. The maximum atomic E-state index is 13.1. The molecule has 0 radical (unpaired) electrons. The van der Waals surface area contributed by atoms with Crippen LogP contribution in [0.5, 0.6) is 11.5 Å². The minimum atomic E-state index is -1.08. The second-order valence-corrected chi connectivity index (χ2v) is 9.05. The van der Waals surface area contributed by atoms with Gasteiger partial charge in [0.05, 0.1) is 5.39 Å². The SMILES string of the molecule is CC(C)(C)OC(=O)N[C@@H](Cc1ccccc1)C(=O)Oc1cc(O)c2c(=O)c3ccccc3oc2c1. The van der Waals surface area contributed by atoms with Gasteiger partial charge >= 0.3 is 12.1 Å². The van der Waals surface area contributed by atoms with Crippen molar-refractivity contribution in [1.29, 1.82) is 0 Å². The number of hydrogen-bond donors (Lipinski definition) is 2. The average Bonchev–Trinajstić information content (AvgIpc) is 2.78. The third kappa shape index (κ3) is 5.60. The topological polar surface area (TPSA) is 115 Å². The van der Waals surface area contributed by atoms with Gasteiger partial charge in [-0.25, -0.2) is 9.59 Å². The molecule has 8 heteroatoms. The number of fused-ring (bicyclic) bond motifs is 2. The first kappa shape index (κ1) is 23.8. The largest absolute Gasteiger partial charge is 0.507 e. The molecule has 1 heterocycles. The van der Waals surface area contributed by atoms with Crippen molar-refractivity contribution in [3.8, 4) is 11.5 Å². The van der Waals surface area contributed by atoms with Crippen molar-refractivity contribution in [2.24, 2.45) is 0 Å². The number of hydrogen-bond acceptors (Lipinski definition) is 7. The zero-order chi connectivity index (χ0) is 25.2. The number of rotatable bonds is 5. The fourth-order valence-electron chi connectivity index (χ4n) is 3.62. The molecule has 0 aliphatic heterocycles. The number of carbonyl (C=O) groups is 2. The van der Waals surface area contributed by atoms with Crippen molar-refractivity contribution < 1.29 is 28.6 Å². The van der Waals surface area contributed by atoms with Gasteiger partial charge < -0.3 is 24.3 Å². The number of benzene rings is 3. The van der Waals surface area contributed by atoms with Crippen LogP contribution in [0.25, 0.3) is 21.9 Å². The Hall–Kier alpha value is -4.33. The van der Waals surface area contributed by atoms with Gasteiger partial charge in [-0.05, 0) is 38.5 Å². The van der Waals surface area contributed by atoms with Crippen molar-refractivity contribution in [2.75, 3.05) is 0 Å². The van der Waals surface area contributed by atoms with E-state index in [-0.39, 0.29) is 28.9 Å². The summed E-state index contributed by atoms with van der Waals surface area (Å²) >= 11 is 0. The number of nitrogens with one attached hydrogen (secondary N) is 1. The maximum Gasteiger partial charge on any atom is 0.408 e. The van der Waals surface area contributed by atoms with Gasteiger partial charge in [-0.2, -0.15) is 0 Å². The number of phenolic OH excluding ortho intramolecular Hbond substituents is 1. The molecule has 8 nitrogen and oxygen atoms in total. The summed E-state index contributed by atoms with van der Waals surface area (Å²) in [6, 6.07) is 17.2. The summed E-state index contributed by atoms with van der Waals surface area (Å²) in [5, 5.41) is 13.4. The lowest BCUT2D eigenvalue weighted by Crippen LogP contribution is -2.46. The molecule has 0 saturated heterocycles. The van der Waals surface area contributed by atoms with Crippen LogP contribution < -0.4 is 15.5 Å². The zero-order valence-electron chi connectivity index (χ0n) is 19.5. The Morgan fingerprint density at radius 2 is 1.69 bits per heavy atom. The Kier molecular flexibility index (Phi) is 6.46. The second kappa shape index (κ2) is 9.50.